The van der Waals surface area contributed by atoms with Gasteiger partial charge in [-0.3, -0.25) is 14.9 Å². The maximum Gasteiger partial charge on any atom is 0.343 e. The summed E-state index contributed by atoms with van der Waals surface area (Å²) in [4.78, 5) is 34.4. The highest BCUT2D eigenvalue weighted by Crippen LogP contribution is 2.17. The monoisotopic (exact) mass is 362 g/mol. The number of para-hydroxylation sites is 1. The molecule has 0 saturated carbocycles. The summed E-state index contributed by atoms with van der Waals surface area (Å²) in [5.41, 5.74) is 1.16. The lowest BCUT2D eigenvalue weighted by Crippen LogP contribution is -2.12. The smallest absolute Gasteiger partial charge is 0.343 e. The van der Waals surface area contributed by atoms with Crippen LogP contribution in [-0.2, 0) is 0 Å². The quantitative estimate of drug-likeness (QED) is 0.319. The van der Waals surface area contributed by atoms with Crippen molar-refractivity contribution >= 4 is 23.3 Å². The Balaban J connectivity index is 1.64. The van der Waals surface area contributed by atoms with Crippen LogP contribution in [-0.4, -0.2) is 16.8 Å². The van der Waals surface area contributed by atoms with E-state index in [2.05, 4.69) is 5.32 Å². The largest absolute Gasteiger partial charge is 0.423 e. The number of non-ortho nitro benzene ring substituents is 1. The van der Waals surface area contributed by atoms with E-state index in [0.717, 1.165) is 0 Å². The summed E-state index contributed by atoms with van der Waals surface area (Å²) in [6.07, 6.45) is 0. The van der Waals surface area contributed by atoms with Crippen molar-refractivity contribution in [3.63, 3.8) is 0 Å². The normalized spacial score (nSPS) is 10.1. The van der Waals surface area contributed by atoms with Crippen molar-refractivity contribution < 1.29 is 19.2 Å². The molecule has 1 amide bonds. The van der Waals surface area contributed by atoms with Crippen LogP contribution in [0.3, 0.4) is 0 Å². The predicted molar refractivity (Wildman–Crippen MR) is 98.9 cm³/mol. The number of carbonyl (C=O) groups is 2. The average Bonchev–Trinajstić information content (AvgIpc) is 2.69. The van der Waals surface area contributed by atoms with Crippen molar-refractivity contribution in [1.82, 2.24) is 0 Å². The third-order valence-corrected chi connectivity index (χ3v) is 3.67. The van der Waals surface area contributed by atoms with Crippen molar-refractivity contribution in [3.05, 3.63) is 100 Å². The fraction of sp³-hybridized carbons (Fsp3) is 0. The number of carbonyl (C=O) groups excluding carboxylic acids is 2. The van der Waals surface area contributed by atoms with Crippen LogP contribution in [0.4, 0.5) is 11.4 Å². The zero-order chi connectivity index (χ0) is 19.2. The molecule has 3 aromatic rings. The Morgan fingerprint density at radius 1 is 0.815 bits per heavy atom. The van der Waals surface area contributed by atoms with Gasteiger partial charge in [0.2, 0.25) is 0 Å². The van der Waals surface area contributed by atoms with Crippen molar-refractivity contribution in [3.8, 4) is 5.75 Å². The van der Waals surface area contributed by atoms with Gasteiger partial charge >= 0.3 is 5.97 Å². The van der Waals surface area contributed by atoms with Crippen LogP contribution in [0, 0.1) is 10.1 Å². The van der Waals surface area contributed by atoms with E-state index in [4.69, 9.17) is 4.74 Å². The first-order chi connectivity index (χ1) is 13.0. The van der Waals surface area contributed by atoms with Crippen LogP contribution < -0.4 is 10.1 Å². The lowest BCUT2D eigenvalue weighted by molar-refractivity contribution is -0.384. The van der Waals surface area contributed by atoms with E-state index < -0.39 is 10.9 Å². The number of hydrogen-bond acceptors (Lipinski definition) is 5. The van der Waals surface area contributed by atoms with E-state index in [1.54, 1.807) is 12.1 Å². The molecule has 0 unspecified atom stereocenters. The van der Waals surface area contributed by atoms with E-state index in [1.165, 1.54) is 48.5 Å². The lowest BCUT2D eigenvalue weighted by Gasteiger charge is -2.07. The van der Waals surface area contributed by atoms with Crippen LogP contribution in [0.2, 0.25) is 0 Å². The second kappa shape index (κ2) is 7.92. The highest BCUT2D eigenvalue weighted by atomic mass is 16.6. The van der Waals surface area contributed by atoms with Crippen molar-refractivity contribution in [2.45, 2.75) is 0 Å². The van der Waals surface area contributed by atoms with Crippen LogP contribution in [0.15, 0.2) is 78.9 Å². The maximum atomic E-state index is 12.2. The van der Waals surface area contributed by atoms with E-state index in [0.29, 0.717) is 11.3 Å². The van der Waals surface area contributed by atoms with Gasteiger partial charge in [0.1, 0.15) is 5.75 Å². The number of ether oxygens (including phenoxy) is 1. The van der Waals surface area contributed by atoms with E-state index >= 15 is 0 Å². The van der Waals surface area contributed by atoms with Gasteiger partial charge in [-0.25, -0.2) is 4.79 Å². The molecule has 0 saturated heterocycles. The van der Waals surface area contributed by atoms with E-state index in [9.17, 15) is 19.7 Å². The number of nitrogens with one attached hydrogen (secondary N) is 1. The number of nitro benzene ring substituents is 1. The number of hydrogen-bond donors (Lipinski definition) is 1. The molecule has 0 radical (unpaired) electrons. The molecule has 0 bridgehead atoms. The fourth-order valence-electron chi connectivity index (χ4n) is 2.28. The molecule has 3 aromatic carbocycles. The van der Waals surface area contributed by atoms with E-state index in [1.807, 2.05) is 18.2 Å². The zero-order valence-corrected chi connectivity index (χ0v) is 14.0. The summed E-state index contributed by atoms with van der Waals surface area (Å²) in [7, 11) is 0. The summed E-state index contributed by atoms with van der Waals surface area (Å²) in [6, 6.07) is 20.2. The molecule has 1 N–H and O–H groups in total. The fourth-order valence-corrected chi connectivity index (χ4v) is 2.28. The van der Waals surface area contributed by atoms with Gasteiger partial charge in [-0.05, 0) is 48.5 Å². The summed E-state index contributed by atoms with van der Waals surface area (Å²) in [5, 5.41) is 13.4. The highest BCUT2D eigenvalue weighted by Gasteiger charge is 2.12. The van der Waals surface area contributed by atoms with Gasteiger partial charge in [-0.1, -0.05) is 18.2 Å². The molecule has 0 aliphatic rings. The highest BCUT2D eigenvalue weighted by molar-refractivity contribution is 6.04. The number of esters is 1. The Kier molecular flexibility index (Phi) is 5.22. The number of anilines is 1. The zero-order valence-electron chi connectivity index (χ0n) is 14.0. The first-order valence-electron chi connectivity index (χ1n) is 7.96. The number of benzene rings is 3. The van der Waals surface area contributed by atoms with Crippen LogP contribution in [0.1, 0.15) is 20.7 Å². The molecule has 7 nitrogen and oxygen atoms in total. The van der Waals surface area contributed by atoms with Gasteiger partial charge in [0.05, 0.1) is 10.5 Å². The predicted octanol–water partition coefficient (Wildman–Crippen LogP) is 4.07. The Labute approximate surface area is 154 Å². The molecule has 0 aliphatic carbocycles. The second-order valence-electron chi connectivity index (χ2n) is 5.54. The molecule has 0 heterocycles. The van der Waals surface area contributed by atoms with E-state index in [-0.39, 0.29) is 22.9 Å². The summed E-state index contributed by atoms with van der Waals surface area (Å²) >= 11 is 0. The van der Waals surface area contributed by atoms with Crippen LogP contribution >= 0.6 is 0 Å². The number of amides is 1. The number of rotatable bonds is 5. The minimum atomic E-state index is -0.647. The summed E-state index contributed by atoms with van der Waals surface area (Å²) < 4.78 is 5.21. The van der Waals surface area contributed by atoms with Crippen molar-refractivity contribution in [1.29, 1.82) is 0 Å². The van der Waals surface area contributed by atoms with Gasteiger partial charge in [0, 0.05) is 23.4 Å². The molecule has 7 heteroatoms. The first-order valence-corrected chi connectivity index (χ1v) is 7.96. The minimum absolute atomic E-state index is 0.111. The molecule has 0 spiro atoms. The number of nitro groups is 1. The molecule has 134 valence electrons. The minimum Gasteiger partial charge on any atom is -0.423 e. The molecule has 3 rings (SSSR count). The number of nitrogens with zero attached hydrogens (tertiary/aromatic N) is 1. The third-order valence-electron chi connectivity index (χ3n) is 3.67. The van der Waals surface area contributed by atoms with Crippen LogP contribution in [0.25, 0.3) is 0 Å². The van der Waals surface area contributed by atoms with Gasteiger partial charge < -0.3 is 10.1 Å². The van der Waals surface area contributed by atoms with Gasteiger partial charge in [0.25, 0.3) is 11.6 Å². The molecule has 0 aromatic heterocycles. The molecule has 27 heavy (non-hydrogen) atoms. The van der Waals surface area contributed by atoms with Gasteiger partial charge in [-0.2, -0.15) is 0 Å². The summed E-state index contributed by atoms with van der Waals surface area (Å²) in [6.45, 7) is 0. The van der Waals surface area contributed by atoms with Gasteiger partial charge in [-0.15, -0.1) is 0 Å². The third kappa shape index (κ3) is 4.55. The first kappa shape index (κ1) is 17.8. The second-order valence-corrected chi connectivity index (χ2v) is 5.54. The molecule has 0 fully saturated rings. The molecule has 0 atom stereocenters. The van der Waals surface area contributed by atoms with Crippen molar-refractivity contribution in [2.24, 2.45) is 0 Å². The van der Waals surface area contributed by atoms with Gasteiger partial charge in [0.15, 0.2) is 0 Å². The Morgan fingerprint density at radius 3 is 2.00 bits per heavy atom. The molecule has 0 aliphatic heterocycles. The molecular formula is C20H14N2O5. The Morgan fingerprint density at radius 2 is 1.41 bits per heavy atom. The Hall–Kier alpha value is -4.00. The Bertz CT molecular complexity index is 968. The average molecular weight is 362 g/mol. The van der Waals surface area contributed by atoms with Crippen molar-refractivity contribution in [2.75, 3.05) is 5.32 Å². The summed E-state index contributed by atoms with van der Waals surface area (Å²) in [5.74, 6) is -0.671. The van der Waals surface area contributed by atoms with Crippen LogP contribution in [0.5, 0.6) is 5.75 Å². The molecular weight excluding hydrogens is 348 g/mol. The topological polar surface area (TPSA) is 98.5 Å². The maximum absolute atomic E-state index is 12.2. The SMILES string of the molecule is O=C(Nc1ccccc1)c1ccc(OC(=O)c2ccc([N+](=O)[O-])cc2)cc1. The lowest BCUT2D eigenvalue weighted by atomic mass is 10.2. The standard InChI is InChI=1S/C20H14N2O5/c23-19(21-16-4-2-1-3-5-16)14-8-12-18(13-9-14)27-20(24)15-6-10-17(11-7-15)22(25)26/h1-13H,(H,21,23).